The number of benzene rings is 6. The second kappa shape index (κ2) is 19.6. The molecule has 0 aliphatic carbocycles. The minimum Gasteiger partial charge on any atom is -0.502 e. The van der Waals surface area contributed by atoms with E-state index in [1.807, 2.05) is 48.7 Å². The van der Waals surface area contributed by atoms with Gasteiger partial charge in [0.25, 0.3) is 5.52 Å². The van der Waals surface area contributed by atoms with Crippen LogP contribution in [0.5, 0.6) is 5.75 Å². The second-order valence-electron chi connectivity index (χ2n) is 16.6. The number of nitrogens with zero attached hydrogens (tertiary/aromatic N) is 1. The Labute approximate surface area is 405 Å². The van der Waals surface area contributed by atoms with Crippen LogP contribution in [0.25, 0.3) is 10.9 Å². The van der Waals surface area contributed by atoms with E-state index in [-0.39, 0.29) is 0 Å². The topological polar surface area (TPSA) is 24.1 Å². The summed E-state index contributed by atoms with van der Waals surface area (Å²) in [6.07, 6.45) is -52.8. The van der Waals surface area contributed by atoms with Crippen molar-refractivity contribution in [1.29, 1.82) is 0 Å². The zero-order valence-corrected chi connectivity index (χ0v) is 36.5. The van der Waals surface area contributed by atoms with E-state index in [9.17, 15) is 110 Å². The third-order valence-electron chi connectivity index (χ3n) is 11.5. The Morgan fingerprint density at radius 2 is 0.587 bits per heavy atom. The van der Waals surface area contributed by atoms with Gasteiger partial charge in [-0.2, -0.15) is 132 Å². The molecule has 0 bridgehead atoms. The number of hydrogen-bond acceptors (Lipinski definition) is 1. The standard InChI is InChI=1S/C32H12BF24.C16H13NO/c34-25(35,36)13-1-14(26(37,38)39)6-21(5-13)33(22-7-15(27(40,41)42)2-16(8-22)28(43,44)45,23-9-17(29(46,47)48)3-18(10-23)30(49,50)51)24-11-19(31(52,53)54)4-20(12-24)32(55,56)57;18-15-10-4-8-14-9-5-11-17(16(14)15)12-13-6-2-1-3-7-13/h1-12H;1-11H,12H2/q-1;/p+1. The van der Waals surface area contributed by atoms with Crippen molar-refractivity contribution < 1.29 is 115 Å². The van der Waals surface area contributed by atoms with Gasteiger partial charge in [-0.3, -0.25) is 0 Å². The molecule has 6 aromatic carbocycles. The molecule has 75 heavy (non-hydrogen) atoms. The van der Waals surface area contributed by atoms with Crippen LogP contribution in [-0.4, -0.2) is 11.3 Å². The summed E-state index contributed by atoms with van der Waals surface area (Å²) in [6, 6.07) is 11.1. The highest BCUT2D eigenvalue weighted by Gasteiger charge is 2.47. The van der Waals surface area contributed by atoms with Gasteiger partial charge in [-0.05, 0) is 42.5 Å². The SMILES string of the molecule is FC(F)(F)c1cc([B-](c2cc(C(F)(F)F)cc(C(F)(F)F)c2)(c2cc(C(F)(F)F)cc(C(F)(F)F)c2)c2cc(C(F)(F)F)cc(C(F)(F)F)c2)cc(C(F)(F)F)c1.Oc1cccc2ccc[n+](Cc3ccccc3)c12. The molecule has 0 spiro atoms. The molecular weight excluding hydrogens is 1070 g/mol. The zero-order chi connectivity index (χ0) is 56.3. The Morgan fingerprint density at radius 3 is 0.853 bits per heavy atom. The highest BCUT2D eigenvalue weighted by molar-refractivity contribution is 7.20. The summed E-state index contributed by atoms with van der Waals surface area (Å²) in [5.41, 5.74) is -28.1. The summed E-state index contributed by atoms with van der Waals surface area (Å²) in [7, 11) is 0. The molecule has 1 aromatic heterocycles. The van der Waals surface area contributed by atoms with E-state index < -0.39 is 195 Å². The number of rotatable bonds is 6. The molecule has 1 heterocycles. The average molecular weight is 1100 g/mol. The van der Waals surface area contributed by atoms with Crippen molar-refractivity contribution >= 4 is 38.9 Å². The first kappa shape index (κ1) is 57.2. The lowest BCUT2D eigenvalue weighted by Crippen LogP contribution is -2.75. The molecule has 0 aliphatic rings. The monoisotopic (exact) mass is 1100 g/mol. The number of phenols is 1. The quantitative estimate of drug-likeness (QED) is 0.100. The van der Waals surface area contributed by atoms with Crippen LogP contribution in [0, 0.1) is 0 Å². The Bertz CT molecular complexity index is 2750. The van der Waals surface area contributed by atoms with Gasteiger partial charge in [-0.1, -0.05) is 84.9 Å². The van der Waals surface area contributed by atoms with Gasteiger partial charge >= 0.3 is 49.4 Å². The van der Waals surface area contributed by atoms with Crippen molar-refractivity contribution in [2.75, 3.05) is 0 Å². The summed E-state index contributed by atoms with van der Waals surface area (Å²) in [5.74, 6) is 0.323. The van der Waals surface area contributed by atoms with Gasteiger partial charge in [0.2, 0.25) is 0 Å². The van der Waals surface area contributed by atoms with Gasteiger partial charge in [0.15, 0.2) is 18.5 Å². The molecule has 0 fully saturated rings. The van der Waals surface area contributed by atoms with E-state index in [1.54, 1.807) is 6.07 Å². The number of fused-ring (bicyclic) bond motifs is 1. The first-order valence-electron chi connectivity index (χ1n) is 20.6. The summed E-state index contributed by atoms with van der Waals surface area (Å²) >= 11 is 0. The number of aromatic hydroxyl groups is 1. The van der Waals surface area contributed by atoms with Crippen LogP contribution < -0.4 is 26.4 Å². The molecule has 0 aliphatic heterocycles. The minimum atomic E-state index is -6.13. The molecule has 1 N–H and O–H groups in total. The Kier molecular flexibility index (Phi) is 14.9. The van der Waals surface area contributed by atoms with Gasteiger partial charge < -0.3 is 5.11 Å². The third-order valence-corrected chi connectivity index (χ3v) is 11.5. The number of aromatic nitrogens is 1. The van der Waals surface area contributed by atoms with Gasteiger partial charge in [0, 0.05) is 11.6 Å². The maximum atomic E-state index is 14.2. The molecule has 0 unspecified atom stereocenters. The lowest BCUT2D eigenvalue weighted by atomic mass is 9.12. The van der Waals surface area contributed by atoms with Crippen LogP contribution in [0.2, 0.25) is 0 Å². The van der Waals surface area contributed by atoms with Crippen LogP contribution in [0.15, 0.2) is 140 Å². The van der Waals surface area contributed by atoms with Crippen LogP contribution in [0.3, 0.4) is 0 Å². The number of hydrogen-bond donors (Lipinski definition) is 1. The first-order valence-corrected chi connectivity index (χ1v) is 20.6. The van der Waals surface area contributed by atoms with Crippen LogP contribution >= 0.6 is 0 Å². The minimum absolute atomic E-state index is 0.323. The number of halogens is 24. The normalized spacial score (nSPS) is 13.4. The van der Waals surface area contributed by atoms with E-state index in [4.69, 9.17) is 0 Å². The van der Waals surface area contributed by atoms with E-state index in [0.29, 0.717) is 5.75 Å². The number of alkyl halides is 24. The molecular formula is C48H26BF24NO. The molecule has 0 saturated carbocycles. The third kappa shape index (κ3) is 12.7. The highest BCUT2D eigenvalue weighted by atomic mass is 19.4. The molecule has 0 radical (unpaired) electrons. The van der Waals surface area contributed by atoms with Crippen molar-refractivity contribution in [3.8, 4) is 5.75 Å². The van der Waals surface area contributed by atoms with Crippen molar-refractivity contribution in [2.45, 2.75) is 56.0 Å². The number of para-hydroxylation sites is 1. The van der Waals surface area contributed by atoms with E-state index >= 15 is 0 Å². The van der Waals surface area contributed by atoms with E-state index in [0.717, 1.165) is 17.4 Å². The Hall–Kier alpha value is -7.09. The lowest BCUT2D eigenvalue weighted by Gasteiger charge is -2.46. The summed E-state index contributed by atoms with van der Waals surface area (Å²) in [4.78, 5) is 0. The fourth-order valence-corrected chi connectivity index (χ4v) is 8.30. The fraction of sp³-hybridized carbons (Fsp3) is 0.188. The lowest BCUT2D eigenvalue weighted by molar-refractivity contribution is -0.662. The largest absolute Gasteiger partial charge is 0.502 e. The zero-order valence-electron chi connectivity index (χ0n) is 36.5. The van der Waals surface area contributed by atoms with Crippen LogP contribution in [-0.2, 0) is 56.0 Å². The molecule has 7 rings (SSSR count). The van der Waals surface area contributed by atoms with Gasteiger partial charge in [0.05, 0.1) is 49.9 Å². The maximum absolute atomic E-state index is 14.2. The first-order chi connectivity index (χ1) is 34.1. The average Bonchev–Trinajstić information content (AvgIpc) is 3.27. The van der Waals surface area contributed by atoms with Gasteiger partial charge in [0.1, 0.15) is 6.15 Å². The summed E-state index contributed by atoms with van der Waals surface area (Å²) < 4.78 is 343. The molecule has 0 saturated heterocycles. The Balaban J connectivity index is 0.000000421. The Morgan fingerprint density at radius 1 is 0.320 bits per heavy atom. The number of phenolic OH excluding ortho intramolecular Hbond substituents is 1. The molecule has 7 aromatic rings. The van der Waals surface area contributed by atoms with Gasteiger partial charge in [-0.15, -0.1) is 0 Å². The van der Waals surface area contributed by atoms with E-state index in [1.165, 1.54) is 5.56 Å². The molecule has 2 nitrogen and oxygen atoms in total. The molecule has 400 valence electrons. The van der Waals surface area contributed by atoms with E-state index in [2.05, 4.69) is 16.7 Å². The van der Waals surface area contributed by atoms with Crippen molar-refractivity contribution in [1.82, 2.24) is 0 Å². The predicted octanol–water partition coefficient (Wildman–Crippen LogP) is 14.1. The fourth-order valence-electron chi connectivity index (χ4n) is 8.30. The summed E-state index contributed by atoms with van der Waals surface area (Å²) in [5, 5.41) is 11.1. The van der Waals surface area contributed by atoms with Crippen LogP contribution in [0.1, 0.15) is 50.1 Å². The summed E-state index contributed by atoms with van der Waals surface area (Å²) in [6.45, 7) is 0.760. The molecule has 0 atom stereocenters. The van der Waals surface area contributed by atoms with Crippen molar-refractivity contribution in [2.24, 2.45) is 0 Å². The predicted molar refractivity (Wildman–Crippen MR) is 221 cm³/mol. The number of pyridine rings is 1. The van der Waals surface area contributed by atoms with Crippen LogP contribution in [0.4, 0.5) is 105 Å². The second-order valence-corrected chi connectivity index (χ2v) is 16.6. The molecule has 0 amide bonds. The van der Waals surface area contributed by atoms with Gasteiger partial charge in [-0.25, -0.2) is 0 Å². The van der Waals surface area contributed by atoms with Crippen molar-refractivity contribution in [3.05, 3.63) is 190 Å². The van der Waals surface area contributed by atoms with Crippen molar-refractivity contribution in [3.63, 3.8) is 0 Å². The molecule has 27 heteroatoms. The smallest absolute Gasteiger partial charge is 0.416 e. The maximum Gasteiger partial charge on any atom is 0.416 e. The highest BCUT2D eigenvalue weighted by Crippen LogP contribution is 2.41.